The second-order valence-electron chi connectivity index (χ2n) is 9.90. The van der Waals surface area contributed by atoms with E-state index in [-0.39, 0.29) is 17.1 Å². The molecule has 5 nitrogen and oxygen atoms in total. The normalized spacial score (nSPS) is 10.7. The molecule has 0 fully saturated rings. The molecule has 0 N–H and O–H groups in total. The first kappa shape index (κ1) is 30.6. The van der Waals surface area contributed by atoms with Gasteiger partial charge in [-0.25, -0.2) is 22.0 Å². The zero-order valence-electron chi connectivity index (χ0n) is 23.3. The second-order valence-corrected chi connectivity index (χ2v) is 9.90. The maximum absolute atomic E-state index is 14.9. The summed E-state index contributed by atoms with van der Waals surface area (Å²) in [7, 11) is 0. The molecule has 0 spiro atoms. The van der Waals surface area contributed by atoms with Gasteiger partial charge in [-0.2, -0.15) is 5.26 Å². The minimum atomic E-state index is -1.25. The Balaban J connectivity index is 1.21. The SMILES string of the molecule is Cc1ccc(-c2ccc(OC(=O)CC(=O)Oc3ccc(-c4cc(F)c(-c5cc(F)c(C#N)c(F)c5)c(F)c4)cc3)cc2F)cc1. The van der Waals surface area contributed by atoms with Crippen LogP contribution in [0.25, 0.3) is 33.4 Å². The summed E-state index contributed by atoms with van der Waals surface area (Å²) in [4.78, 5) is 24.5. The summed E-state index contributed by atoms with van der Waals surface area (Å²) >= 11 is 0. The van der Waals surface area contributed by atoms with Crippen molar-refractivity contribution in [2.24, 2.45) is 0 Å². The fourth-order valence-corrected chi connectivity index (χ4v) is 4.53. The van der Waals surface area contributed by atoms with Crippen molar-refractivity contribution in [1.29, 1.82) is 5.26 Å². The van der Waals surface area contributed by atoms with Crippen LogP contribution in [0.3, 0.4) is 0 Å². The lowest BCUT2D eigenvalue weighted by Crippen LogP contribution is -2.18. The van der Waals surface area contributed by atoms with Crippen LogP contribution < -0.4 is 9.47 Å². The van der Waals surface area contributed by atoms with Gasteiger partial charge < -0.3 is 9.47 Å². The number of esters is 2. The third kappa shape index (κ3) is 6.89. The predicted octanol–water partition coefficient (Wildman–Crippen LogP) is 8.46. The summed E-state index contributed by atoms with van der Waals surface area (Å²) in [6.45, 7) is 1.91. The molecule has 0 aliphatic carbocycles. The molecule has 0 aliphatic rings. The van der Waals surface area contributed by atoms with E-state index in [1.807, 2.05) is 19.1 Å². The molecule has 10 heteroatoms. The van der Waals surface area contributed by atoms with Gasteiger partial charge >= 0.3 is 11.9 Å². The molecule has 0 aromatic heterocycles. The molecule has 0 heterocycles. The Bertz CT molecular complexity index is 1940. The van der Waals surface area contributed by atoms with Crippen molar-refractivity contribution in [3.8, 4) is 50.9 Å². The highest BCUT2D eigenvalue weighted by atomic mass is 19.1. The molecule has 5 rings (SSSR count). The largest absolute Gasteiger partial charge is 0.426 e. The van der Waals surface area contributed by atoms with Gasteiger partial charge in [0, 0.05) is 11.6 Å². The van der Waals surface area contributed by atoms with Crippen molar-refractivity contribution in [2.45, 2.75) is 13.3 Å². The number of halogens is 5. The van der Waals surface area contributed by atoms with Crippen molar-refractivity contribution < 1.29 is 41.0 Å². The third-order valence-corrected chi connectivity index (χ3v) is 6.73. The molecule has 5 aromatic rings. The highest BCUT2D eigenvalue weighted by Gasteiger charge is 2.19. The maximum atomic E-state index is 14.9. The average Bonchev–Trinajstić information content (AvgIpc) is 2.97. The quantitative estimate of drug-likeness (QED) is 0.0797. The molecule has 0 saturated heterocycles. The number of nitrogens with zero attached hydrogens (tertiary/aromatic N) is 1. The number of carbonyl (C=O) groups is 2. The van der Waals surface area contributed by atoms with Gasteiger partial charge in [-0.3, -0.25) is 9.59 Å². The summed E-state index contributed by atoms with van der Waals surface area (Å²) in [5.41, 5.74) is 0.402. The molecule has 0 bridgehead atoms. The zero-order valence-corrected chi connectivity index (χ0v) is 23.3. The lowest BCUT2D eigenvalue weighted by molar-refractivity contribution is -0.144. The Morgan fingerprint density at radius 3 is 1.67 bits per heavy atom. The van der Waals surface area contributed by atoms with E-state index >= 15 is 0 Å². The van der Waals surface area contributed by atoms with E-state index < -0.39 is 64.1 Å². The third-order valence-electron chi connectivity index (χ3n) is 6.73. The highest BCUT2D eigenvalue weighted by molar-refractivity contribution is 5.93. The first-order chi connectivity index (χ1) is 21.5. The number of rotatable bonds is 7. The van der Waals surface area contributed by atoms with Crippen molar-refractivity contribution >= 4 is 11.9 Å². The fourth-order valence-electron chi connectivity index (χ4n) is 4.53. The fraction of sp³-hybridized carbons (Fsp3) is 0.0571. The van der Waals surface area contributed by atoms with Gasteiger partial charge in [0.2, 0.25) is 0 Å². The van der Waals surface area contributed by atoms with E-state index in [0.29, 0.717) is 28.8 Å². The Morgan fingerprint density at radius 2 is 1.11 bits per heavy atom. The van der Waals surface area contributed by atoms with Gasteiger partial charge in [0.05, 0.1) is 5.56 Å². The van der Waals surface area contributed by atoms with E-state index in [1.165, 1.54) is 42.5 Å². The van der Waals surface area contributed by atoms with Crippen molar-refractivity contribution in [1.82, 2.24) is 0 Å². The first-order valence-electron chi connectivity index (χ1n) is 13.3. The Hall–Kier alpha value is -5.82. The molecule has 0 aliphatic heterocycles. The lowest BCUT2D eigenvalue weighted by atomic mass is 9.97. The van der Waals surface area contributed by atoms with Crippen LogP contribution >= 0.6 is 0 Å². The van der Waals surface area contributed by atoms with Gasteiger partial charge in [-0.15, -0.1) is 0 Å². The van der Waals surface area contributed by atoms with Crippen LogP contribution in [0, 0.1) is 47.3 Å². The standard InChI is InChI=1S/C35H20F5NO4/c1-19-2-4-21(5-3-19)26-11-10-25(16-30(26)38)45-34(43)17-33(42)44-24-8-6-20(7-9-24)22-12-31(39)35(32(40)13-22)23-14-28(36)27(18-41)29(37)15-23/h2-16H,17H2,1H3. The number of benzene rings is 5. The number of ether oxygens (including phenoxy) is 2. The van der Waals surface area contributed by atoms with Crippen LogP contribution in [0.5, 0.6) is 11.5 Å². The summed E-state index contributed by atoms with van der Waals surface area (Å²) in [5.74, 6) is -7.35. The van der Waals surface area contributed by atoms with Crippen LogP contribution in [0.4, 0.5) is 22.0 Å². The van der Waals surface area contributed by atoms with Gasteiger partial charge in [0.15, 0.2) is 0 Å². The smallest absolute Gasteiger partial charge is 0.322 e. The summed E-state index contributed by atoms with van der Waals surface area (Å²) in [5, 5.41) is 8.81. The zero-order chi connectivity index (χ0) is 32.2. The Kier molecular flexibility index (Phi) is 8.72. The topological polar surface area (TPSA) is 76.4 Å². The van der Waals surface area contributed by atoms with Crippen LogP contribution in [-0.2, 0) is 9.59 Å². The van der Waals surface area contributed by atoms with E-state index in [9.17, 15) is 31.5 Å². The molecule has 0 unspecified atom stereocenters. The molecule has 0 amide bonds. The lowest BCUT2D eigenvalue weighted by Gasteiger charge is -2.11. The minimum Gasteiger partial charge on any atom is -0.426 e. The molecular weight excluding hydrogens is 593 g/mol. The van der Waals surface area contributed by atoms with Crippen molar-refractivity contribution in [3.63, 3.8) is 0 Å². The number of hydrogen-bond acceptors (Lipinski definition) is 5. The van der Waals surface area contributed by atoms with E-state index in [1.54, 1.807) is 12.1 Å². The molecule has 0 saturated carbocycles. The van der Waals surface area contributed by atoms with Crippen LogP contribution in [0.2, 0.25) is 0 Å². The van der Waals surface area contributed by atoms with E-state index in [0.717, 1.165) is 23.8 Å². The monoisotopic (exact) mass is 613 g/mol. The molecule has 0 atom stereocenters. The Morgan fingerprint density at radius 1 is 0.600 bits per heavy atom. The molecule has 45 heavy (non-hydrogen) atoms. The predicted molar refractivity (Wildman–Crippen MR) is 154 cm³/mol. The highest BCUT2D eigenvalue weighted by Crippen LogP contribution is 2.33. The van der Waals surface area contributed by atoms with Gasteiger partial charge in [0.25, 0.3) is 0 Å². The maximum Gasteiger partial charge on any atom is 0.322 e. The number of hydrogen-bond donors (Lipinski definition) is 0. The van der Waals surface area contributed by atoms with Crippen LogP contribution in [0.15, 0.2) is 91.0 Å². The second kappa shape index (κ2) is 12.8. The first-order valence-corrected chi connectivity index (χ1v) is 13.3. The summed E-state index contributed by atoms with van der Waals surface area (Å²) in [6, 6.07) is 21.1. The van der Waals surface area contributed by atoms with Crippen molar-refractivity contribution in [3.05, 3.63) is 131 Å². The van der Waals surface area contributed by atoms with Crippen LogP contribution in [-0.4, -0.2) is 11.9 Å². The Labute approximate surface area is 253 Å². The van der Waals surface area contributed by atoms with Gasteiger partial charge in [-0.1, -0.05) is 42.0 Å². The molecule has 224 valence electrons. The van der Waals surface area contributed by atoms with Crippen LogP contribution in [0.1, 0.15) is 17.5 Å². The summed E-state index contributed by atoms with van der Waals surface area (Å²) in [6.07, 6.45) is -0.780. The minimum absolute atomic E-state index is 0.0196. The molecule has 5 aromatic carbocycles. The van der Waals surface area contributed by atoms with Gasteiger partial charge in [-0.05, 0) is 77.7 Å². The molecule has 0 radical (unpaired) electrons. The van der Waals surface area contributed by atoms with Crippen molar-refractivity contribution in [2.75, 3.05) is 0 Å². The van der Waals surface area contributed by atoms with E-state index in [4.69, 9.17) is 14.7 Å². The number of carbonyl (C=O) groups excluding carboxylic acids is 2. The molecular formula is C35H20F5NO4. The number of nitriles is 1. The van der Waals surface area contributed by atoms with Gasteiger partial charge in [0.1, 0.15) is 58.6 Å². The summed E-state index contributed by atoms with van der Waals surface area (Å²) < 4.78 is 82.7. The van der Waals surface area contributed by atoms with E-state index in [2.05, 4.69) is 0 Å². The number of aryl methyl sites for hydroxylation is 1. The average molecular weight is 614 g/mol.